The number of rotatable bonds is 8. The average Bonchev–Trinajstić information content (AvgIpc) is 3.34. The summed E-state index contributed by atoms with van der Waals surface area (Å²) in [5.41, 5.74) is 14.7. The molecule has 0 aliphatic rings. The van der Waals surface area contributed by atoms with Gasteiger partial charge in [0.1, 0.15) is 0 Å². The molecule has 0 bridgehead atoms. The number of nitrogens with zero attached hydrogens (tertiary/aromatic N) is 3. The molecule has 0 N–H and O–H groups in total. The van der Waals surface area contributed by atoms with Crippen LogP contribution in [-0.4, -0.2) is 9.97 Å². The summed E-state index contributed by atoms with van der Waals surface area (Å²) in [6.45, 7) is 0. The number of hydrogen-bond acceptors (Lipinski definition) is 3. The lowest BCUT2D eigenvalue weighted by Crippen LogP contribution is -2.10. The van der Waals surface area contributed by atoms with E-state index in [1.165, 1.54) is 65.7 Å². The summed E-state index contributed by atoms with van der Waals surface area (Å²) >= 11 is 0. The summed E-state index contributed by atoms with van der Waals surface area (Å²) in [6.07, 6.45) is 7.50. The van der Waals surface area contributed by atoms with Crippen LogP contribution in [0.15, 0.2) is 237 Å². The van der Waals surface area contributed by atoms with Crippen molar-refractivity contribution in [2.45, 2.75) is 0 Å². The van der Waals surface area contributed by atoms with E-state index in [0.29, 0.717) is 0 Å². The van der Waals surface area contributed by atoms with E-state index < -0.39 is 0 Å². The second-order valence-electron chi connectivity index (χ2n) is 15.4. The van der Waals surface area contributed by atoms with Crippen molar-refractivity contribution in [3.05, 3.63) is 237 Å². The summed E-state index contributed by atoms with van der Waals surface area (Å²) in [6, 6.07) is 76.7. The van der Waals surface area contributed by atoms with Crippen molar-refractivity contribution >= 4 is 49.4 Å². The van der Waals surface area contributed by atoms with Gasteiger partial charge in [0.05, 0.1) is 0 Å². The number of anilines is 3. The Bertz CT molecular complexity index is 3210. The van der Waals surface area contributed by atoms with E-state index in [0.717, 1.165) is 39.3 Å². The number of aromatic nitrogens is 2. The second-order valence-corrected chi connectivity index (χ2v) is 15.4. The van der Waals surface area contributed by atoms with Crippen molar-refractivity contribution in [2.75, 3.05) is 4.90 Å². The zero-order valence-corrected chi connectivity index (χ0v) is 33.4. The third kappa shape index (κ3) is 6.69. The molecule has 0 fully saturated rings. The maximum absolute atomic E-state index is 4.48. The van der Waals surface area contributed by atoms with E-state index in [9.17, 15) is 0 Å². The number of pyridine rings is 2. The molecule has 286 valence electrons. The minimum Gasteiger partial charge on any atom is -0.310 e. The Morgan fingerprint density at radius 3 is 1.30 bits per heavy atom. The molecule has 61 heavy (non-hydrogen) atoms. The van der Waals surface area contributed by atoms with Gasteiger partial charge in [-0.2, -0.15) is 0 Å². The quantitative estimate of drug-likeness (QED) is 0.144. The highest BCUT2D eigenvalue weighted by molar-refractivity contribution is 6.23. The standard InChI is InChI=1S/C58H39N3/c1-2-13-40(14-3-1)41-25-29-48(30-26-41)61(50-36-46(44-17-11-33-59-38-44)35-47(37-50)45-18-12-34-60-39-45)49-31-27-43(28-32-49)57-53-20-6-8-22-55(53)58(56-23-9-7-21-54(56)57)52-24-10-16-42-15-4-5-19-51(42)52/h1-39H. The highest BCUT2D eigenvalue weighted by Crippen LogP contribution is 2.46. The summed E-state index contributed by atoms with van der Waals surface area (Å²) < 4.78 is 0. The van der Waals surface area contributed by atoms with Gasteiger partial charge in [-0.1, -0.05) is 158 Å². The van der Waals surface area contributed by atoms with Crippen molar-refractivity contribution < 1.29 is 0 Å². The Balaban J connectivity index is 1.10. The number of benzene rings is 9. The van der Waals surface area contributed by atoms with Crippen LogP contribution in [0, 0.1) is 0 Å². The fourth-order valence-corrected chi connectivity index (χ4v) is 8.97. The van der Waals surface area contributed by atoms with Gasteiger partial charge in [0.25, 0.3) is 0 Å². The molecule has 2 aromatic heterocycles. The number of hydrogen-bond donors (Lipinski definition) is 0. The summed E-state index contributed by atoms with van der Waals surface area (Å²) in [7, 11) is 0. The maximum Gasteiger partial charge on any atom is 0.0473 e. The van der Waals surface area contributed by atoms with Gasteiger partial charge in [0, 0.05) is 53.0 Å². The normalized spacial score (nSPS) is 11.3. The molecule has 0 spiro atoms. The van der Waals surface area contributed by atoms with Crippen LogP contribution in [0.25, 0.3) is 88.0 Å². The van der Waals surface area contributed by atoms with E-state index in [4.69, 9.17) is 0 Å². The maximum atomic E-state index is 4.48. The SMILES string of the molecule is c1ccc(-c2ccc(N(c3ccc(-c4c5ccccc5c(-c5cccc6ccccc56)c5ccccc45)cc3)c3cc(-c4cccnc4)cc(-c4cccnc4)c3)cc2)cc1. The van der Waals surface area contributed by atoms with Gasteiger partial charge in [-0.25, -0.2) is 0 Å². The van der Waals surface area contributed by atoms with E-state index in [1.54, 1.807) is 0 Å². The fourth-order valence-electron chi connectivity index (χ4n) is 8.97. The van der Waals surface area contributed by atoms with Crippen LogP contribution in [0.3, 0.4) is 0 Å². The van der Waals surface area contributed by atoms with Crippen LogP contribution in [0.4, 0.5) is 17.1 Å². The van der Waals surface area contributed by atoms with Crippen LogP contribution < -0.4 is 4.90 Å². The van der Waals surface area contributed by atoms with E-state index in [1.807, 2.05) is 36.9 Å². The predicted molar refractivity (Wildman–Crippen MR) is 256 cm³/mol. The molecule has 0 atom stereocenters. The first-order chi connectivity index (χ1) is 30.3. The molecule has 3 nitrogen and oxygen atoms in total. The van der Waals surface area contributed by atoms with Gasteiger partial charge in [0.2, 0.25) is 0 Å². The molecule has 2 heterocycles. The van der Waals surface area contributed by atoms with Crippen LogP contribution in [0.1, 0.15) is 0 Å². The monoisotopic (exact) mass is 777 g/mol. The van der Waals surface area contributed by atoms with Crippen molar-refractivity contribution in [1.29, 1.82) is 0 Å². The minimum atomic E-state index is 1.04. The molecule has 0 aliphatic carbocycles. The average molecular weight is 778 g/mol. The topological polar surface area (TPSA) is 29.0 Å². The fraction of sp³-hybridized carbons (Fsp3) is 0. The molecule has 9 aromatic carbocycles. The van der Waals surface area contributed by atoms with Crippen LogP contribution in [-0.2, 0) is 0 Å². The Morgan fingerprint density at radius 2 is 0.738 bits per heavy atom. The first-order valence-corrected chi connectivity index (χ1v) is 20.7. The van der Waals surface area contributed by atoms with Gasteiger partial charge in [-0.15, -0.1) is 0 Å². The largest absolute Gasteiger partial charge is 0.310 e. The zero-order valence-electron chi connectivity index (χ0n) is 33.4. The van der Waals surface area contributed by atoms with Gasteiger partial charge >= 0.3 is 0 Å². The first-order valence-electron chi connectivity index (χ1n) is 20.7. The predicted octanol–water partition coefficient (Wildman–Crippen LogP) is 15.7. The lowest BCUT2D eigenvalue weighted by molar-refractivity contribution is 1.28. The second kappa shape index (κ2) is 15.6. The highest BCUT2D eigenvalue weighted by atomic mass is 15.1. The molecule has 0 radical (unpaired) electrons. The zero-order chi connectivity index (χ0) is 40.5. The Kier molecular flexibility index (Phi) is 9.18. The van der Waals surface area contributed by atoms with E-state index >= 15 is 0 Å². The van der Waals surface area contributed by atoms with Gasteiger partial charge in [-0.3, -0.25) is 9.97 Å². The van der Waals surface area contributed by atoms with Crippen LogP contribution in [0.2, 0.25) is 0 Å². The Labute approximate surface area is 355 Å². The Morgan fingerprint density at radius 1 is 0.279 bits per heavy atom. The highest BCUT2D eigenvalue weighted by Gasteiger charge is 2.20. The molecule has 0 aliphatic heterocycles. The molecular weight excluding hydrogens is 739 g/mol. The first kappa shape index (κ1) is 36.0. The Hall–Kier alpha value is -8.14. The van der Waals surface area contributed by atoms with Gasteiger partial charge < -0.3 is 4.90 Å². The third-order valence-electron chi connectivity index (χ3n) is 11.8. The van der Waals surface area contributed by atoms with Crippen LogP contribution >= 0.6 is 0 Å². The third-order valence-corrected chi connectivity index (χ3v) is 11.8. The molecule has 0 saturated carbocycles. The van der Waals surface area contributed by atoms with Gasteiger partial charge in [-0.05, 0) is 131 Å². The number of fused-ring (bicyclic) bond motifs is 3. The van der Waals surface area contributed by atoms with Crippen molar-refractivity contribution in [3.63, 3.8) is 0 Å². The molecular formula is C58H39N3. The molecule has 3 heteroatoms. The lowest BCUT2D eigenvalue weighted by atomic mass is 9.85. The minimum absolute atomic E-state index is 1.04. The molecule has 0 amide bonds. The lowest BCUT2D eigenvalue weighted by Gasteiger charge is -2.27. The van der Waals surface area contributed by atoms with Crippen molar-refractivity contribution in [3.8, 4) is 55.6 Å². The van der Waals surface area contributed by atoms with Crippen LogP contribution in [0.5, 0.6) is 0 Å². The summed E-state index contributed by atoms with van der Waals surface area (Å²) in [5, 5.41) is 7.45. The summed E-state index contributed by atoms with van der Waals surface area (Å²) in [4.78, 5) is 11.3. The smallest absolute Gasteiger partial charge is 0.0473 e. The van der Waals surface area contributed by atoms with Crippen molar-refractivity contribution in [1.82, 2.24) is 9.97 Å². The van der Waals surface area contributed by atoms with Gasteiger partial charge in [0.15, 0.2) is 0 Å². The molecule has 11 aromatic rings. The van der Waals surface area contributed by atoms with Crippen molar-refractivity contribution in [2.24, 2.45) is 0 Å². The molecule has 0 unspecified atom stereocenters. The molecule has 0 saturated heterocycles. The van der Waals surface area contributed by atoms with E-state index in [-0.39, 0.29) is 0 Å². The summed E-state index contributed by atoms with van der Waals surface area (Å²) in [5.74, 6) is 0. The van der Waals surface area contributed by atoms with E-state index in [2.05, 4.69) is 215 Å². The molecule has 11 rings (SSSR count).